The van der Waals surface area contributed by atoms with Crippen molar-refractivity contribution in [2.45, 2.75) is 26.3 Å². The van der Waals surface area contributed by atoms with Crippen LogP contribution in [0.1, 0.15) is 25.3 Å². The standard InChI is InChI=1S/C15H18Cl2N2O2/c1-10(20)19-6-4-11(5-7-19)15(21)18-9-12-2-3-13(16)8-14(12)17/h2-3,8,11H,4-7,9H2,1H3,(H,18,21). The summed E-state index contributed by atoms with van der Waals surface area (Å²) in [6, 6.07) is 5.22. The van der Waals surface area contributed by atoms with Crippen molar-refractivity contribution in [3.05, 3.63) is 33.8 Å². The van der Waals surface area contributed by atoms with Gasteiger partial charge in [-0.05, 0) is 30.5 Å². The number of carbonyl (C=O) groups is 2. The Labute approximate surface area is 134 Å². The smallest absolute Gasteiger partial charge is 0.223 e. The zero-order valence-electron chi connectivity index (χ0n) is 11.9. The van der Waals surface area contributed by atoms with Gasteiger partial charge in [-0.25, -0.2) is 0 Å². The lowest BCUT2D eigenvalue weighted by Crippen LogP contribution is -2.42. The molecule has 0 unspecified atom stereocenters. The molecule has 0 atom stereocenters. The summed E-state index contributed by atoms with van der Waals surface area (Å²) in [5, 5.41) is 4.03. The summed E-state index contributed by atoms with van der Waals surface area (Å²) in [6.45, 7) is 3.24. The van der Waals surface area contributed by atoms with Gasteiger partial charge in [0.05, 0.1) is 0 Å². The van der Waals surface area contributed by atoms with Crippen LogP contribution >= 0.6 is 23.2 Å². The Morgan fingerprint density at radius 2 is 1.95 bits per heavy atom. The summed E-state index contributed by atoms with van der Waals surface area (Å²) in [5.74, 6) is 0.0534. The number of hydrogen-bond donors (Lipinski definition) is 1. The van der Waals surface area contributed by atoms with Crippen LogP contribution in [0.25, 0.3) is 0 Å². The van der Waals surface area contributed by atoms with Gasteiger partial charge in [0.25, 0.3) is 0 Å². The van der Waals surface area contributed by atoms with E-state index in [-0.39, 0.29) is 17.7 Å². The fraction of sp³-hybridized carbons (Fsp3) is 0.467. The monoisotopic (exact) mass is 328 g/mol. The van der Waals surface area contributed by atoms with Gasteiger partial charge in [0, 0.05) is 42.5 Å². The van der Waals surface area contributed by atoms with Crippen LogP contribution in [-0.4, -0.2) is 29.8 Å². The van der Waals surface area contributed by atoms with Gasteiger partial charge in [0.15, 0.2) is 0 Å². The number of likely N-dealkylation sites (tertiary alicyclic amines) is 1. The van der Waals surface area contributed by atoms with Crippen molar-refractivity contribution in [3.8, 4) is 0 Å². The second-order valence-electron chi connectivity index (χ2n) is 5.23. The number of nitrogens with one attached hydrogen (secondary N) is 1. The van der Waals surface area contributed by atoms with Crippen LogP contribution in [0.5, 0.6) is 0 Å². The molecular weight excluding hydrogens is 311 g/mol. The summed E-state index contributed by atoms with van der Waals surface area (Å²) in [5.41, 5.74) is 0.843. The lowest BCUT2D eigenvalue weighted by molar-refractivity contribution is -0.134. The van der Waals surface area contributed by atoms with E-state index < -0.39 is 0 Å². The fourth-order valence-corrected chi connectivity index (χ4v) is 2.92. The molecule has 6 heteroatoms. The highest BCUT2D eigenvalue weighted by molar-refractivity contribution is 6.35. The van der Waals surface area contributed by atoms with E-state index in [9.17, 15) is 9.59 Å². The molecule has 4 nitrogen and oxygen atoms in total. The van der Waals surface area contributed by atoms with Gasteiger partial charge < -0.3 is 10.2 Å². The van der Waals surface area contributed by atoms with Crippen LogP contribution in [0.15, 0.2) is 18.2 Å². The fourth-order valence-electron chi connectivity index (χ4n) is 2.45. The minimum absolute atomic E-state index is 0.0178. The Morgan fingerprint density at radius 1 is 1.29 bits per heavy atom. The van der Waals surface area contributed by atoms with E-state index in [2.05, 4.69) is 5.32 Å². The molecule has 1 saturated heterocycles. The number of halogens is 2. The molecule has 0 saturated carbocycles. The summed E-state index contributed by atoms with van der Waals surface area (Å²) >= 11 is 11.9. The van der Waals surface area contributed by atoms with Gasteiger partial charge in [-0.15, -0.1) is 0 Å². The molecule has 0 radical (unpaired) electrons. The Bertz CT molecular complexity index is 540. The number of nitrogens with zero attached hydrogens (tertiary/aromatic N) is 1. The van der Waals surface area contributed by atoms with E-state index in [4.69, 9.17) is 23.2 Å². The summed E-state index contributed by atoms with van der Waals surface area (Å²) in [7, 11) is 0. The number of benzene rings is 1. The van der Waals surface area contributed by atoms with Crippen LogP contribution in [-0.2, 0) is 16.1 Å². The first kappa shape index (κ1) is 16.1. The predicted octanol–water partition coefficient (Wildman–Crippen LogP) is 2.87. The van der Waals surface area contributed by atoms with E-state index in [0.29, 0.717) is 42.5 Å². The van der Waals surface area contributed by atoms with Crippen LogP contribution in [0.4, 0.5) is 0 Å². The van der Waals surface area contributed by atoms with E-state index in [0.717, 1.165) is 5.56 Å². The molecule has 1 aliphatic rings. The predicted molar refractivity (Wildman–Crippen MR) is 83.3 cm³/mol. The van der Waals surface area contributed by atoms with Crippen LogP contribution in [0.3, 0.4) is 0 Å². The summed E-state index contributed by atoms with van der Waals surface area (Å²) in [6.07, 6.45) is 1.42. The van der Waals surface area contributed by atoms with E-state index in [1.165, 1.54) is 0 Å². The first-order valence-electron chi connectivity index (χ1n) is 6.94. The lowest BCUT2D eigenvalue weighted by Gasteiger charge is -2.30. The quantitative estimate of drug-likeness (QED) is 0.927. The molecule has 0 aromatic heterocycles. The number of rotatable bonds is 3. The Kier molecular flexibility index (Phi) is 5.48. The Morgan fingerprint density at radius 3 is 2.52 bits per heavy atom. The molecule has 2 amide bonds. The molecular formula is C15H18Cl2N2O2. The van der Waals surface area contributed by atoms with Crippen LogP contribution < -0.4 is 5.32 Å². The molecule has 2 rings (SSSR count). The number of piperidine rings is 1. The summed E-state index contributed by atoms with van der Waals surface area (Å²) in [4.78, 5) is 25.2. The molecule has 1 aromatic rings. The molecule has 1 N–H and O–H groups in total. The van der Waals surface area contributed by atoms with E-state index in [1.807, 2.05) is 6.07 Å². The first-order chi connectivity index (χ1) is 9.97. The zero-order valence-corrected chi connectivity index (χ0v) is 13.4. The highest BCUT2D eigenvalue weighted by Crippen LogP contribution is 2.21. The lowest BCUT2D eigenvalue weighted by atomic mass is 9.96. The van der Waals surface area contributed by atoms with Gasteiger partial charge >= 0.3 is 0 Å². The largest absolute Gasteiger partial charge is 0.352 e. The molecule has 21 heavy (non-hydrogen) atoms. The SMILES string of the molecule is CC(=O)N1CCC(C(=O)NCc2ccc(Cl)cc2Cl)CC1. The van der Waals surface area contributed by atoms with Crippen molar-refractivity contribution in [2.75, 3.05) is 13.1 Å². The third-order valence-corrected chi connectivity index (χ3v) is 4.37. The Balaban J connectivity index is 1.84. The van der Waals surface area contributed by atoms with Crippen molar-refractivity contribution in [3.63, 3.8) is 0 Å². The van der Waals surface area contributed by atoms with Crippen molar-refractivity contribution in [2.24, 2.45) is 5.92 Å². The average molecular weight is 329 g/mol. The topological polar surface area (TPSA) is 49.4 Å². The van der Waals surface area contributed by atoms with Gasteiger partial charge in [-0.1, -0.05) is 29.3 Å². The number of hydrogen-bond acceptors (Lipinski definition) is 2. The Hall–Kier alpha value is -1.26. The van der Waals surface area contributed by atoms with Gasteiger partial charge in [-0.2, -0.15) is 0 Å². The molecule has 1 aliphatic heterocycles. The maximum absolute atomic E-state index is 12.1. The minimum Gasteiger partial charge on any atom is -0.352 e. The third-order valence-electron chi connectivity index (χ3n) is 3.78. The number of amides is 2. The second-order valence-corrected chi connectivity index (χ2v) is 6.08. The third kappa shape index (κ3) is 4.35. The molecule has 114 valence electrons. The summed E-state index contributed by atoms with van der Waals surface area (Å²) < 4.78 is 0. The van der Waals surface area contributed by atoms with E-state index >= 15 is 0 Å². The van der Waals surface area contributed by atoms with Crippen LogP contribution in [0, 0.1) is 5.92 Å². The molecule has 0 spiro atoms. The highest BCUT2D eigenvalue weighted by Gasteiger charge is 2.25. The molecule has 0 aliphatic carbocycles. The molecule has 1 fully saturated rings. The molecule has 1 heterocycles. The maximum Gasteiger partial charge on any atom is 0.223 e. The highest BCUT2D eigenvalue weighted by atomic mass is 35.5. The van der Waals surface area contributed by atoms with Gasteiger partial charge in [0.2, 0.25) is 11.8 Å². The van der Waals surface area contributed by atoms with Crippen molar-refractivity contribution in [1.82, 2.24) is 10.2 Å². The van der Waals surface area contributed by atoms with Crippen molar-refractivity contribution in [1.29, 1.82) is 0 Å². The molecule has 1 aromatic carbocycles. The van der Waals surface area contributed by atoms with Gasteiger partial charge in [-0.3, -0.25) is 9.59 Å². The minimum atomic E-state index is -0.0355. The first-order valence-corrected chi connectivity index (χ1v) is 7.70. The van der Waals surface area contributed by atoms with Crippen molar-refractivity contribution >= 4 is 35.0 Å². The zero-order chi connectivity index (χ0) is 15.4. The second kappa shape index (κ2) is 7.14. The van der Waals surface area contributed by atoms with Gasteiger partial charge in [0.1, 0.15) is 0 Å². The normalized spacial score (nSPS) is 15.9. The average Bonchev–Trinajstić information content (AvgIpc) is 2.46. The number of carbonyl (C=O) groups excluding carboxylic acids is 2. The molecule has 0 bridgehead atoms. The van der Waals surface area contributed by atoms with E-state index in [1.54, 1.807) is 24.0 Å². The van der Waals surface area contributed by atoms with Crippen molar-refractivity contribution < 1.29 is 9.59 Å². The maximum atomic E-state index is 12.1. The van der Waals surface area contributed by atoms with Crippen LogP contribution in [0.2, 0.25) is 10.0 Å².